The highest BCUT2D eigenvalue weighted by molar-refractivity contribution is 6.19. The number of hydrogen-bond acceptors (Lipinski definition) is 2. The van der Waals surface area contributed by atoms with Crippen molar-refractivity contribution in [3.8, 4) is 23.5 Å². The molecule has 0 radical (unpaired) electrons. The molecule has 158 valence electrons. The van der Waals surface area contributed by atoms with Gasteiger partial charge in [-0.2, -0.15) is 0 Å². The van der Waals surface area contributed by atoms with Crippen molar-refractivity contribution in [2.75, 3.05) is 5.32 Å². The molecule has 0 aliphatic heterocycles. The second kappa shape index (κ2) is 8.64. The Morgan fingerprint density at radius 1 is 1.06 bits per heavy atom. The number of aryl methyl sites for hydroxylation is 1. The van der Waals surface area contributed by atoms with E-state index in [4.69, 9.17) is 6.42 Å². The lowest BCUT2D eigenvalue weighted by atomic mass is 9.97. The third kappa shape index (κ3) is 4.10. The molecule has 1 N–H and O–H groups in total. The number of amides is 1. The quantitative estimate of drug-likeness (QED) is 0.329. The number of terminal acetylenes is 1. The summed E-state index contributed by atoms with van der Waals surface area (Å²) in [5, 5.41) is 5.40. The summed E-state index contributed by atoms with van der Waals surface area (Å²) in [4.78, 5) is 16.3. The van der Waals surface area contributed by atoms with E-state index in [0.29, 0.717) is 11.6 Å². The van der Waals surface area contributed by atoms with Crippen LogP contribution in [0.25, 0.3) is 21.9 Å². The van der Waals surface area contributed by atoms with Crippen molar-refractivity contribution in [3.63, 3.8) is 0 Å². The zero-order valence-electron chi connectivity index (χ0n) is 18.2. The Morgan fingerprint density at radius 3 is 2.53 bits per heavy atom. The predicted octanol–water partition coefficient (Wildman–Crippen LogP) is 6.71. The van der Waals surface area contributed by atoms with Crippen LogP contribution in [0.4, 0.5) is 10.1 Å². The van der Waals surface area contributed by atoms with Crippen molar-refractivity contribution in [1.29, 1.82) is 0 Å². The summed E-state index contributed by atoms with van der Waals surface area (Å²) in [6, 6.07) is 16.5. The maximum atomic E-state index is 14.1. The SMILES string of the molecule is C#Cc1cccc(C(=O)Nc2ccc(C(C)C)c(C)c2)c1F.c1cc2c3c-2cncc3c1. The smallest absolute Gasteiger partial charge is 0.258 e. The fourth-order valence-electron chi connectivity index (χ4n) is 3.88. The second-order valence-electron chi connectivity index (χ2n) is 8.08. The van der Waals surface area contributed by atoms with Crippen LogP contribution in [0.3, 0.4) is 0 Å². The van der Waals surface area contributed by atoms with Gasteiger partial charge >= 0.3 is 0 Å². The number of rotatable bonds is 3. The lowest BCUT2D eigenvalue weighted by molar-refractivity contribution is 0.102. The summed E-state index contributed by atoms with van der Waals surface area (Å²) >= 11 is 0. The van der Waals surface area contributed by atoms with E-state index in [9.17, 15) is 9.18 Å². The van der Waals surface area contributed by atoms with Gasteiger partial charge in [-0.05, 0) is 53.8 Å². The van der Waals surface area contributed by atoms with Crippen molar-refractivity contribution >= 4 is 22.4 Å². The highest BCUT2D eigenvalue weighted by Gasteiger charge is 2.19. The van der Waals surface area contributed by atoms with Crippen LogP contribution in [0, 0.1) is 25.1 Å². The van der Waals surface area contributed by atoms with E-state index < -0.39 is 11.7 Å². The molecule has 0 bridgehead atoms. The molecule has 3 aromatic carbocycles. The number of fused-ring (bicyclic) bond motifs is 1. The largest absolute Gasteiger partial charge is 0.322 e. The van der Waals surface area contributed by atoms with E-state index >= 15 is 0 Å². The van der Waals surface area contributed by atoms with E-state index in [-0.39, 0.29) is 11.1 Å². The maximum absolute atomic E-state index is 14.1. The fraction of sp³-hybridized carbons (Fsp3) is 0.143. The molecule has 1 aromatic heterocycles. The van der Waals surface area contributed by atoms with E-state index in [1.165, 1.54) is 39.6 Å². The number of anilines is 1. The Labute approximate surface area is 187 Å². The van der Waals surface area contributed by atoms with Gasteiger partial charge in [-0.15, -0.1) is 6.42 Å². The van der Waals surface area contributed by atoms with Crippen molar-refractivity contribution in [3.05, 3.63) is 95.1 Å². The first-order chi connectivity index (χ1) is 15.4. The zero-order chi connectivity index (χ0) is 22.8. The van der Waals surface area contributed by atoms with Crippen LogP contribution in [0.15, 0.2) is 67.0 Å². The maximum Gasteiger partial charge on any atom is 0.258 e. The molecule has 1 aliphatic rings. The van der Waals surface area contributed by atoms with Crippen molar-refractivity contribution in [2.45, 2.75) is 26.7 Å². The molecular formula is C28H23FN2O. The first kappa shape index (κ1) is 21.3. The monoisotopic (exact) mass is 422 g/mol. The Bertz CT molecular complexity index is 1350. The lowest BCUT2D eigenvalue weighted by Gasteiger charge is -2.12. The summed E-state index contributed by atoms with van der Waals surface area (Å²) in [5.74, 6) is 1.46. The average Bonchev–Trinajstić information content (AvgIpc) is 3.49. The summed E-state index contributed by atoms with van der Waals surface area (Å²) in [6.07, 6.45) is 9.06. The summed E-state index contributed by atoms with van der Waals surface area (Å²) in [7, 11) is 0. The number of benzene rings is 3. The number of pyridine rings is 1. The standard InChI is InChI=1S/C19H18FNO.C9H5N/c1-5-14-7-6-8-17(18(14)20)19(22)21-15-9-10-16(12(2)3)13(4)11-15;1-2-6-4-10-5-8-7(3-1)9(6)8/h1,6-12H,2-4H3,(H,21,22);1-5H. The minimum atomic E-state index is -0.668. The van der Waals surface area contributed by atoms with Crippen LogP contribution < -0.4 is 5.32 Å². The van der Waals surface area contributed by atoms with Crippen molar-refractivity contribution in [2.24, 2.45) is 0 Å². The topological polar surface area (TPSA) is 42.0 Å². The lowest BCUT2D eigenvalue weighted by Crippen LogP contribution is -2.14. The molecule has 4 aromatic rings. The third-order valence-electron chi connectivity index (χ3n) is 5.56. The van der Waals surface area contributed by atoms with E-state index in [1.807, 2.05) is 37.5 Å². The van der Waals surface area contributed by atoms with Crippen LogP contribution in [-0.4, -0.2) is 10.9 Å². The van der Waals surface area contributed by atoms with Gasteiger partial charge in [0.2, 0.25) is 0 Å². The molecule has 1 amide bonds. The number of carbonyl (C=O) groups is 1. The van der Waals surface area contributed by atoms with Crippen molar-refractivity contribution < 1.29 is 9.18 Å². The highest BCUT2D eigenvalue weighted by atomic mass is 19.1. The Hall–Kier alpha value is -3.97. The van der Waals surface area contributed by atoms with Gasteiger partial charge in [0.1, 0.15) is 0 Å². The van der Waals surface area contributed by atoms with Crippen LogP contribution in [0.5, 0.6) is 0 Å². The number of aromatic nitrogens is 1. The molecule has 3 nitrogen and oxygen atoms in total. The summed E-state index contributed by atoms with van der Waals surface area (Å²) in [6.45, 7) is 6.22. The number of hydrogen-bond donors (Lipinski definition) is 1. The molecule has 0 saturated heterocycles. The van der Waals surface area contributed by atoms with Crippen LogP contribution >= 0.6 is 0 Å². The summed E-state index contributed by atoms with van der Waals surface area (Å²) in [5.41, 5.74) is 5.69. The summed E-state index contributed by atoms with van der Waals surface area (Å²) < 4.78 is 14.1. The number of halogens is 1. The highest BCUT2D eigenvalue weighted by Crippen LogP contribution is 2.45. The average molecular weight is 423 g/mol. The van der Waals surface area contributed by atoms with Gasteiger partial charge < -0.3 is 5.32 Å². The molecule has 0 spiro atoms. The molecule has 0 atom stereocenters. The van der Waals surface area contributed by atoms with Gasteiger partial charge in [0.15, 0.2) is 5.82 Å². The predicted molar refractivity (Wildman–Crippen MR) is 128 cm³/mol. The molecular weight excluding hydrogens is 399 g/mol. The van der Waals surface area contributed by atoms with E-state index in [0.717, 1.165) is 5.56 Å². The molecule has 0 saturated carbocycles. The van der Waals surface area contributed by atoms with Crippen LogP contribution in [0.1, 0.15) is 46.8 Å². The van der Waals surface area contributed by atoms with Crippen LogP contribution in [0.2, 0.25) is 0 Å². The molecule has 5 rings (SSSR count). The first-order valence-corrected chi connectivity index (χ1v) is 10.4. The fourth-order valence-corrected chi connectivity index (χ4v) is 3.88. The number of nitrogens with zero attached hydrogens (tertiary/aromatic N) is 1. The van der Waals surface area contributed by atoms with Gasteiger partial charge in [-0.25, -0.2) is 4.39 Å². The molecule has 32 heavy (non-hydrogen) atoms. The Kier molecular flexibility index (Phi) is 5.75. The minimum Gasteiger partial charge on any atom is -0.322 e. The first-order valence-electron chi connectivity index (χ1n) is 10.4. The van der Waals surface area contributed by atoms with Gasteiger partial charge in [-0.1, -0.05) is 50.1 Å². The van der Waals surface area contributed by atoms with Gasteiger partial charge in [0, 0.05) is 34.4 Å². The normalized spacial score (nSPS) is 10.9. The molecule has 4 heteroatoms. The minimum absolute atomic E-state index is 0.0546. The molecule has 1 heterocycles. The van der Waals surface area contributed by atoms with Gasteiger partial charge in [0.25, 0.3) is 5.91 Å². The van der Waals surface area contributed by atoms with E-state index in [2.05, 4.69) is 48.3 Å². The molecule has 0 fully saturated rings. The molecule has 0 unspecified atom stereocenters. The Morgan fingerprint density at radius 2 is 1.84 bits per heavy atom. The van der Waals surface area contributed by atoms with E-state index in [1.54, 1.807) is 6.07 Å². The Balaban J connectivity index is 0.000000199. The zero-order valence-corrected chi connectivity index (χ0v) is 18.2. The van der Waals surface area contributed by atoms with Crippen molar-refractivity contribution in [1.82, 2.24) is 4.98 Å². The van der Waals surface area contributed by atoms with Gasteiger partial charge in [-0.3, -0.25) is 9.78 Å². The van der Waals surface area contributed by atoms with Gasteiger partial charge in [0.05, 0.1) is 11.1 Å². The molecule has 1 aliphatic carbocycles. The number of carbonyl (C=O) groups excluding carboxylic acids is 1. The third-order valence-corrected chi connectivity index (χ3v) is 5.56. The second-order valence-corrected chi connectivity index (χ2v) is 8.08. The number of nitrogens with one attached hydrogen (secondary N) is 1. The van der Waals surface area contributed by atoms with Crippen LogP contribution in [-0.2, 0) is 0 Å².